The van der Waals surface area contributed by atoms with Crippen LogP contribution in [0.3, 0.4) is 0 Å². The predicted octanol–water partition coefficient (Wildman–Crippen LogP) is 2.68. The summed E-state index contributed by atoms with van der Waals surface area (Å²) in [5.41, 5.74) is 1.10. The molecular weight excluding hydrogens is 267 g/mol. The molecular formula is C9H9IO2. The molecule has 0 aliphatic carbocycles. The second kappa shape index (κ2) is 3.32. The predicted molar refractivity (Wildman–Crippen MR) is 53.5 cm³/mol. The lowest BCUT2D eigenvalue weighted by molar-refractivity contribution is -0.382. The minimum atomic E-state index is -0.144. The summed E-state index contributed by atoms with van der Waals surface area (Å²) in [6.45, 7) is 1.89. The Kier molecular flexibility index (Phi) is 2.34. The van der Waals surface area contributed by atoms with Crippen molar-refractivity contribution in [3.63, 3.8) is 0 Å². The van der Waals surface area contributed by atoms with Crippen LogP contribution in [0.15, 0.2) is 24.3 Å². The molecule has 0 amide bonds. The van der Waals surface area contributed by atoms with Crippen LogP contribution in [0.2, 0.25) is 0 Å². The van der Waals surface area contributed by atoms with Crippen molar-refractivity contribution in [2.75, 3.05) is 0 Å². The van der Waals surface area contributed by atoms with Crippen LogP contribution in [0, 0.1) is 3.57 Å². The molecule has 12 heavy (non-hydrogen) atoms. The van der Waals surface area contributed by atoms with Crippen LogP contribution in [-0.2, 0) is 9.47 Å². The van der Waals surface area contributed by atoms with Crippen LogP contribution < -0.4 is 0 Å². The van der Waals surface area contributed by atoms with E-state index >= 15 is 0 Å². The highest BCUT2D eigenvalue weighted by atomic mass is 127. The largest absolute Gasteiger partial charge is 0.320 e. The smallest absolute Gasteiger partial charge is 0.189 e. The number of rotatable bonds is 1. The maximum Gasteiger partial charge on any atom is 0.189 e. The van der Waals surface area contributed by atoms with Crippen molar-refractivity contribution < 1.29 is 9.47 Å². The van der Waals surface area contributed by atoms with Gasteiger partial charge in [-0.25, -0.2) is 0 Å². The standard InChI is InChI=1S/C9H9IO2/c1-6-11-9(12-6)7-3-2-4-8(10)5-7/h2-6,9H,1H3. The fourth-order valence-electron chi connectivity index (χ4n) is 1.17. The molecule has 1 fully saturated rings. The van der Waals surface area contributed by atoms with Crippen molar-refractivity contribution in [1.29, 1.82) is 0 Å². The van der Waals surface area contributed by atoms with Gasteiger partial charge in [-0.15, -0.1) is 0 Å². The second-order valence-electron chi connectivity index (χ2n) is 2.73. The Morgan fingerprint density at radius 1 is 1.33 bits per heavy atom. The SMILES string of the molecule is CC1OC(c2cccc(I)c2)O1. The highest BCUT2D eigenvalue weighted by Gasteiger charge is 2.28. The van der Waals surface area contributed by atoms with Crippen molar-refractivity contribution in [3.8, 4) is 0 Å². The molecule has 1 aromatic carbocycles. The van der Waals surface area contributed by atoms with Gasteiger partial charge in [-0.1, -0.05) is 12.1 Å². The molecule has 1 heterocycles. The monoisotopic (exact) mass is 276 g/mol. The zero-order valence-corrected chi connectivity index (χ0v) is 8.82. The van der Waals surface area contributed by atoms with Gasteiger partial charge in [0.15, 0.2) is 12.6 Å². The number of halogens is 1. The van der Waals surface area contributed by atoms with E-state index in [9.17, 15) is 0 Å². The lowest BCUT2D eigenvalue weighted by Gasteiger charge is -2.33. The number of hydrogen-bond acceptors (Lipinski definition) is 2. The van der Waals surface area contributed by atoms with Gasteiger partial charge in [0, 0.05) is 9.13 Å². The Balaban J connectivity index is 2.13. The van der Waals surface area contributed by atoms with E-state index in [1.54, 1.807) is 0 Å². The highest BCUT2D eigenvalue weighted by molar-refractivity contribution is 14.1. The van der Waals surface area contributed by atoms with E-state index in [-0.39, 0.29) is 12.6 Å². The topological polar surface area (TPSA) is 18.5 Å². The molecule has 1 aliphatic rings. The van der Waals surface area contributed by atoms with Crippen LogP contribution in [0.4, 0.5) is 0 Å². The molecule has 0 N–H and O–H groups in total. The van der Waals surface area contributed by atoms with E-state index in [0.29, 0.717) is 0 Å². The van der Waals surface area contributed by atoms with Crippen LogP contribution in [0.1, 0.15) is 18.8 Å². The second-order valence-corrected chi connectivity index (χ2v) is 3.97. The van der Waals surface area contributed by atoms with E-state index in [1.165, 1.54) is 3.57 Å². The van der Waals surface area contributed by atoms with E-state index in [2.05, 4.69) is 28.7 Å². The van der Waals surface area contributed by atoms with Crippen LogP contribution in [0.25, 0.3) is 0 Å². The maximum atomic E-state index is 5.35. The van der Waals surface area contributed by atoms with Gasteiger partial charge in [0.2, 0.25) is 0 Å². The molecule has 3 heteroatoms. The van der Waals surface area contributed by atoms with Crippen molar-refractivity contribution in [3.05, 3.63) is 33.4 Å². The van der Waals surface area contributed by atoms with Crippen molar-refractivity contribution in [1.82, 2.24) is 0 Å². The Labute approximate surface area is 85.0 Å². The zero-order valence-electron chi connectivity index (χ0n) is 6.66. The summed E-state index contributed by atoms with van der Waals surface area (Å²) in [5.74, 6) is 0. The summed E-state index contributed by atoms with van der Waals surface area (Å²) in [5, 5.41) is 0. The first-order chi connectivity index (χ1) is 5.75. The summed E-state index contributed by atoms with van der Waals surface area (Å²) in [6, 6.07) is 8.13. The summed E-state index contributed by atoms with van der Waals surface area (Å²) in [7, 11) is 0. The maximum absolute atomic E-state index is 5.35. The van der Waals surface area contributed by atoms with E-state index in [0.717, 1.165) is 5.56 Å². The lowest BCUT2D eigenvalue weighted by Crippen LogP contribution is -2.31. The third-order valence-corrected chi connectivity index (χ3v) is 2.42. The molecule has 0 spiro atoms. The van der Waals surface area contributed by atoms with E-state index in [1.807, 2.05) is 25.1 Å². The Bertz CT molecular complexity index is 282. The molecule has 2 rings (SSSR count). The minimum absolute atomic E-state index is 0.0483. The molecule has 0 unspecified atom stereocenters. The molecule has 1 aromatic rings. The zero-order chi connectivity index (χ0) is 8.55. The number of hydrogen-bond donors (Lipinski definition) is 0. The van der Waals surface area contributed by atoms with Gasteiger partial charge in [-0.2, -0.15) is 0 Å². The average Bonchev–Trinajstić information content (AvgIpc) is 1.99. The van der Waals surface area contributed by atoms with Gasteiger partial charge in [0.25, 0.3) is 0 Å². The van der Waals surface area contributed by atoms with Gasteiger partial charge >= 0.3 is 0 Å². The van der Waals surface area contributed by atoms with E-state index < -0.39 is 0 Å². The molecule has 0 aromatic heterocycles. The molecule has 2 nitrogen and oxygen atoms in total. The van der Waals surface area contributed by atoms with Crippen molar-refractivity contribution >= 4 is 22.6 Å². The van der Waals surface area contributed by atoms with Gasteiger partial charge in [-0.3, -0.25) is 0 Å². The Morgan fingerprint density at radius 2 is 2.08 bits per heavy atom. The summed E-state index contributed by atoms with van der Waals surface area (Å²) < 4.78 is 11.9. The van der Waals surface area contributed by atoms with Gasteiger partial charge in [0.05, 0.1) is 0 Å². The van der Waals surface area contributed by atoms with Gasteiger partial charge in [0.1, 0.15) is 0 Å². The van der Waals surface area contributed by atoms with Gasteiger partial charge < -0.3 is 9.47 Å². The molecule has 1 aliphatic heterocycles. The molecule has 0 saturated carbocycles. The first-order valence-electron chi connectivity index (χ1n) is 3.82. The van der Waals surface area contributed by atoms with Gasteiger partial charge in [-0.05, 0) is 41.6 Å². The van der Waals surface area contributed by atoms with Crippen LogP contribution in [-0.4, -0.2) is 6.29 Å². The summed E-state index contributed by atoms with van der Waals surface area (Å²) >= 11 is 2.27. The average molecular weight is 276 g/mol. The lowest BCUT2D eigenvalue weighted by atomic mass is 10.2. The quantitative estimate of drug-likeness (QED) is 0.734. The fraction of sp³-hybridized carbons (Fsp3) is 0.333. The first kappa shape index (κ1) is 8.47. The Hall–Kier alpha value is -0.130. The fourth-order valence-corrected chi connectivity index (χ4v) is 1.74. The molecule has 0 radical (unpaired) electrons. The minimum Gasteiger partial charge on any atom is -0.320 e. The molecule has 1 saturated heterocycles. The number of benzene rings is 1. The van der Waals surface area contributed by atoms with Crippen molar-refractivity contribution in [2.24, 2.45) is 0 Å². The van der Waals surface area contributed by atoms with Crippen molar-refractivity contribution in [2.45, 2.75) is 19.5 Å². The van der Waals surface area contributed by atoms with E-state index in [4.69, 9.17) is 9.47 Å². The molecule has 0 bridgehead atoms. The summed E-state index contributed by atoms with van der Waals surface area (Å²) in [6.07, 6.45) is -0.192. The molecule has 0 atom stereocenters. The third-order valence-electron chi connectivity index (χ3n) is 1.75. The number of ether oxygens (including phenoxy) is 2. The normalized spacial score (nSPS) is 28.2. The van der Waals surface area contributed by atoms with Crippen LogP contribution in [0.5, 0.6) is 0 Å². The summed E-state index contributed by atoms with van der Waals surface area (Å²) in [4.78, 5) is 0. The first-order valence-corrected chi connectivity index (χ1v) is 4.90. The van der Waals surface area contributed by atoms with Crippen LogP contribution >= 0.6 is 22.6 Å². The highest BCUT2D eigenvalue weighted by Crippen LogP contribution is 2.31. The Morgan fingerprint density at radius 3 is 2.67 bits per heavy atom. The molecule has 64 valence electrons. The third kappa shape index (κ3) is 1.62.